The van der Waals surface area contributed by atoms with Gasteiger partial charge in [-0.05, 0) is 49.0 Å². The lowest BCUT2D eigenvalue weighted by molar-refractivity contribution is 0.274. The summed E-state index contributed by atoms with van der Waals surface area (Å²) in [5.74, 6) is 0. The Kier molecular flexibility index (Phi) is 3.91. The van der Waals surface area contributed by atoms with Crippen LogP contribution in [0.5, 0.6) is 0 Å². The van der Waals surface area contributed by atoms with Crippen molar-refractivity contribution in [3.8, 4) is 0 Å². The molecule has 0 amide bonds. The Morgan fingerprint density at radius 3 is 2.82 bits per heavy atom. The van der Waals surface area contributed by atoms with Crippen LogP contribution in [0, 0.1) is 12.3 Å². The van der Waals surface area contributed by atoms with Gasteiger partial charge >= 0.3 is 0 Å². The van der Waals surface area contributed by atoms with Crippen molar-refractivity contribution in [1.29, 1.82) is 0 Å². The van der Waals surface area contributed by atoms with Crippen LogP contribution in [0.1, 0.15) is 24.5 Å². The first-order chi connectivity index (χ1) is 8.02. The summed E-state index contributed by atoms with van der Waals surface area (Å²) in [6.07, 6.45) is 1.22. The van der Waals surface area contributed by atoms with Gasteiger partial charge in [0.25, 0.3) is 0 Å². The molecule has 0 aliphatic carbocycles. The number of rotatable bonds is 3. The molecule has 0 saturated carbocycles. The van der Waals surface area contributed by atoms with E-state index < -0.39 is 0 Å². The highest BCUT2D eigenvalue weighted by atomic mass is 79.9. The van der Waals surface area contributed by atoms with Crippen LogP contribution in [0.15, 0.2) is 22.7 Å². The van der Waals surface area contributed by atoms with Gasteiger partial charge in [0.05, 0.1) is 0 Å². The first kappa shape index (κ1) is 13.1. The van der Waals surface area contributed by atoms with Crippen molar-refractivity contribution in [2.45, 2.75) is 26.8 Å². The topological polar surface area (TPSA) is 29.3 Å². The van der Waals surface area contributed by atoms with Crippen LogP contribution in [0.2, 0.25) is 0 Å². The van der Waals surface area contributed by atoms with Crippen molar-refractivity contribution in [2.24, 2.45) is 11.1 Å². The summed E-state index contributed by atoms with van der Waals surface area (Å²) >= 11 is 3.59. The molecule has 1 heterocycles. The molecule has 3 heteroatoms. The summed E-state index contributed by atoms with van der Waals surface area (Å²) in [7, 11) is 0. The largest absolute Gasteiger partial charge is 0.330 e. The third-order valence-corrected chi connectivity index (χ3v) is 4.63. The monoisotopic (exact) mass is 296 g/mol. The maximum absolute atomic E-state index is 5.83. The van der Waals surface area contributed by atoms with E-state index >= 15 is 0 Å². The molecule has 1 unspecified atom stereocenters. The van der Waals surface area contributed by atoms with Crippen LogP contribution in [0.25, 0.3) is 0 Å². The van der Waals surface area contributed by atoms with Crippen molar-refractivity contribution in [2.75, 3.05) is 19.6 Å². The summed E-state index contributed by atoms with van der Waals surface area (Å²) in [4.78, 5) is 2.50. The second-order valence-electron chi connectivity index (χ2n) is 5.56. The lowest BCUT2D eigenvalue weighted by Gasteiger charge is -2.22. The summed E-state index contributed by atoms with van der Waals surface area (Å²) in [5.41, 5.74) is 8.83. The van der Waals surface area contributed by atoms with E-state index in [9.17, 15) is 0 Å². The number of hydrogen-bond donors (Lipinski definition) is 1. The normalized spacial score (nSPS) is 25.4. The second kappa shape index (κ2) is 5.09. The maximum Gasteiger partial charge on any atom is 0.0234 e. The highest BCUT2D eigenvalue weighted by Crippen LogP contribution is 2.30. The Labute approximate surface area is 112 Å². The zero-order chi connectivity index (χ0) is 12.5. The zero-order valence-corrected chi connectivity index (χ0v) is 12.3. The predicted molar refractivity (Wildman–Crippen MR) is 75.9 cm³/mol. The van der Waals surface area contributed by atoms with E-state index in [4.69, 9.17) is 5.73 Å². The number of hydrogen-bond acceptors (Lipinski definition) is 2. The zero-order valence-electron chi connectivity index (χ0n) is 10.7. The van der Waals surface area contributed by atoms with E-state index in [-0.39, 0.29) is 0 Å². The van der Waals surface area contributed by atoms with Crippen molar-refractivity contribution in [3.05, 3.63) is 33.8 Å². The van der Waals surface area contributed by atoms with Gasteiger partial charge in [-0.1, -0.05) is 35.0 Å². The highest BCUT2D eigenvalue weighted by molar-refractivity contribution is 9.10. The van der Waals surface area contributed by atoms with E-state index in [1.165, 1.54) is 28.6 Å². The average molecular weight is 297 g/mol. The van der Waals surface area contributed by atoms with Crippen molar-refractivity contribution in [3.63, 3.8) is 0 Å². The third kappa shape index (κ3) is 3.09. The minimum absolute atomic E-state index is 0.321. The fraction of sp³-hybridized carbons (Fsp3) is 0.571. The summed E-state index contributed by atoms with van der Waals surface area (Å²) in [6, 6.07) is 6.63. The van der Waals surface area contributed by atoms with Crippen LogP contribution in [0.3, 0.4) is 0 Å². The van der Waals surface area contributed by atoms with Crippen molar-refractivity contribution in [1.82, 2.24) is 4.90 Å². The lowest BCUT2D eigenvalue weighted by Crippen LogP contribution is -2.31. The molecular formula is C14H21BrN2. The first-order valence-electron chi connectivity index (χ1n) is 6.20. The minimum Gasteiger partial charge on any atom is -0.330 e. The molecule has 0 spiro atoms. The third-order valence-electron chi connectivity index (χ3n) is 3.77. The molecule has 0 aromatic heterocycles. The molecule has 0 bridgehead atoms. The van der Waals surface area contributed by atoms with E-state index in [0.29, 0.717) is 5.41 Å². The van der Waals surface area contributed by atoms with Gasteiger partial charge in [-0.15, -0.1) is 0 Å². The quantitative estimate of drug-likeness (QED) is 0.929. The molecule has 1 aliphatic heterocycles. The second-order valence-corrected chi connectivity index (χ2v) is 6.41. The molecule has 1 fully saturated rings. The van der Waals surface area contributed by atoms with E-state index in [1.54, 1.807) is 0 Å². The van der Waals surface area contributed by atoms with Gasteiger partial charge in [-0.2, -0.15) is 0 Å². The molecule has 2 nitrogen and oxygen atoms in total. The van der Waals surface area contributed by atoms with Crippen LogP contribution in [-0.2, 0) is 6.54 Å². The molecule has 94 valence electrons. The smallest absolute Gasteiger partial charge is 0.0234 e. The number of aryl methyl sites for hydroxylation is 1. The summed E-state index contributed by atoms with van der Waals surface area (Å²) in [5, 5.41) is 0. The maximum atomic E-state index is 5.83. The molecule has 1 saturated heterocycles. The molecule has 1 atom stereocenters. The number of nitrogens with zero attached hydrogens (tertiary/aromatic N) is 1. The fourth-order valence-electron chi connectivity index (χ4n) is 2.42. The van der Waals surface area contributed by atoms with Gasteiger partial charge in [0.2, 0.25) is 0 Å². The van der Waals surface area contributed by atoms with E-state index in [1.807, 2.05) is 0 Å². The summed E-state index contributed by atoms with van der Waals surface area (Å²) in [6.45, 7) is 8.52. The first-order valence-corrected chi connectivity index (χ1v) is 6.99. The molecule has 1 aliphatic rings. The van der Waals surface area contributed by atoms with E-state index in [2.05, 4.69) is 52.9 Å². The molecular weight excluding hydrogens is 276 g/mol. The van der Waals surface area contributed by atoms with Gasteiger partial charge in [0.1, 0.15) is 0 Å². The molecule has 1 aromatic rings. The standard InChI is InChI=1S/C14H21BrN2/c1-11-3-4-12(7-13(11)15)8-17-6-5-14(2,9-16)10-17/h3-4,7H,5-6,8-10,16H2,1-2H3. The van der Waals surface area contributed by atoms with Gasteiger partial charge in [-0.25, -0.2) is 0 Å². The van der Waals surface area contributed by atoms with Crippen LogP contribution in [-0.4, -0.2) is 24.5 Å². The van der Waals surface area contributed by atoms with Gasteiger partial charge < -0.3 is 5.73 Å². The fourth-order valence-corrected chi connectivity index (χ4v) is 2.85. The number of halogens is 1. The predicted octanol–water partition coefficient (Wildman–Crippen LogP) is 2.93. The van der Waals surface area contributed by atoms with Gasteiger partial charge in [0, 0.05) is 17.6 Å². The number of benzene rings is 1. The Morgan fingerprint density at radius 2 is 2.24 bits per heavy atom. The van der Waals surface area contributed by atoms with Crippen LogP contribution >= 0.6 is 15.9 Å². The molecule has 2 rings (SSSR count). The lowest BCUT2D eigenvalue weighted by atomic mass is 9.90. The number of nitrogens with two attached hydrogens (primary N) is 1. The van der Waals surface area contributed by atoms with Crippen molar-refractivity contribution < 1.29 is 0 Å². The van der Waals surface area contributed by atoms with Gasteiger partial charge in [0.15, 0.2) is 0 Å². The Balaban J connectivity index is 2.00. The molecule has 0 radical (unpaired) electrons. The van der Waals surface area contributed by atoms with Gasteiger partial charge in [-0.3, -0.25) is 4.90 Å². The molecule has 2 N–H and O–H groups in total. The average Bonchev–Trinajstić information content (AvgIpc) is 2.67. The Hall–Kier alpha value is -0.380. The Morgan fingerprint density at radius 1 is 1.47 bits per heavy atom. The molecule has 1 aromatic carbocycles. The van der Waals surface area contributed by atoms with Crippen LogP contribution < -0.4 is 5.73 Å². The summed E-state index contributed by atoms with van der Waals surface area (Å²) < 4.78 is 1.20. The van der Waals surface area contributed by atoms with Crippen molar-refractivity contribution >= 4 is 15.9 Å². The number of likely N-dealkylation sites (tertiary alicyclic amines) is 1. The SMILES string of the molecule is Cc1ccc(CN2CCC(C)(CN)C2)cc1Br. The van der Waals surface area contributed by atoms with E-state index in [0.717, 1.165) is 19.6 Å². The Bertz CT molecular complexity index is 405. The molecule has 17 heavy (non-hydrogen) atoms. The highest BCUT2D eigenvalue weighted by Gasteiger charge is 2.32. The minimum atomic E-state index is 0.321. The van der Waals surface area contributed by atoms with Crippen LogP contribution in [0.4, 0.5) is 0 Å².